The number of alkyl halides is 3. The summed E-state index contributed by atoms with van der Waals surface area (Å²) in [5, 5.41) is 6.58. The van der Waals surface area contributed by atoms with Gasteiger partial charge < -0.3 is 5.32 Å². The number of benzene rings is 1. The Kier molecular flexibility index (Phi) is 7.06. The SMILES string of the molecule is C=C(C=CC(CNc1ccc(-c2cc(C(F)(F)F)nn2C)c(F)c1)=C(C)C)CC. The van der Waals surface area contributed by atoms with Gasteiger partial charge in [0.25, 0.3) is 0 Å². The molecular weight excluding hydrogens is 382 g/mol. The molecule has 0 bridgehead atoms. The largest absolute Gasteiger partial charge is 0.435 e. The highest BCUT2D eigenvalue weighted by Crippen LogP contribution is 2.32. The van der Waals surface area contributed by atoms with Crippen molar-refractivity contribution in [2.75, 3.05) is 11.9 Å². The Labute approximate surface area is 168 Å². The molecule has 0 saturated heterocycles. The maximum atomic E-state index is 14.6. The van der Waals surface area contributed by atoms with Crippen LogP contribution in [0.3, 0.4) is 0 Å². The molecule has 1 aromatic heterocycles. The lowest BCUT2D eigenvalue weighted by Crippen LogP contribution is -2.06. The van der Waals surface area contributed by atoms with Crippen molar-refractivity contribution >= 4 is 5.69 Å². The number of hydrogen-bond acceptors (Lipinski definition) is 2. The molecular formula is C22H25F4N3. The Morgan fingerprint density at radius 1 is 1.21 bits per heavy atom. The van der Waals surface area contributed by atoms with E-state index in [1.165, 1.54) is 19.2 Å². The molecule has 0 atom stereocenters. The van der Waals surface area contributed by atoms with Crippen LogP contribution in [-0.4, -0.2) is 16.3 Å². The first kappa shape index (κ1) is 22.5. The van der Waals surface area contributed by atoms with E-state index in [4.69, 9.17) is 0 Å². The number of nitrogens with one attached hydrogen (secondary N) is 1. The van der Waals surface area contributed by atoms with Crippen LogP contribution in [0.2, 0.25) is 0 Å². The van der Waals surface area contributed by atoms with Crippen molar-refractivity contribution in [1.82, 2.24) is 9.78 Å². The molecule has 2 rings (SSSR count). The molecule has 0 aliphatic rings. The van der Waals surface area contributed by atoms with E-state index in [9.17, 15) is 17.6 Å². The van der Waals surface area contributed by atoms with E-state index in [0.717, 1.165) is 33.9 Å². The van der Waals surface area contributed by atoms with Crippen LogP contribution in [0.1, 0.15) is 32.9 Å². The number of nitrogens with zero attached hydrogens (tertiary/aromatic N) is 2. The summed E-state index contributed by atoms with van der Waals surface area (Å²) >= 11 is 0. The molecule has 1 N–H and O–H groups in total. The van der Waals surface area contributed by atoms with E-state index in [1.807, 2.05) is 32.9 Å². The van der Waals surface area contributed by atoms with Gasteiger partial charge in [-0.3, -0.25) is 4.68 Å². The third kappa shape index (κ3) is 5.82. The fourth-order valence-electron chi connectivity index (χ4n) is 2.63. The Hall–Kier alpha value is -2.83. The highest BCUT2D eigenvalue weighted by Gasteiger charge is 2.35. The summed E-state index contributed by atoms with van der Waals surface area (Å²) in [7, 11) is 1.35. The predicted molar refractivity (Wildman–Crippen MR) is 109 cm³/mol. The number of aromatic nitrogens is 2. The topological polar surface area (TPSA) is 29.9 Å². The van der Waals surface area contributed by atoms with Gasteiger partial charge in [0.2, 0.25) is 0 Å². The van der Waals surface area contributed by atoms with Crippen LogP contribution in [0, 0.1) is 5.82 Å². The van der Waals surface area contributed by atoms with Crippen molar-refractivity contribution in [2.24, 2.45) is 7.05 Å². The highest BCUT2D eigenvalue weighted by atomic mass is 19.4. The molecule has 0 aliphatic heterocycles. The maximum Gasteiger partial charge on any atom is 0.435 e. The number of allylic oxidation sites excluding steroid dienone is 3. The molecule has 2 aromatic rings. The van der Waals surface area contributed by atoms with Gasteiger partial charge in [-0.1, -0.05) is 36.8 Å². The zero-order valence-corrected chi connectivity index (χ0v) is 17.0. The summed E-state index contributed by atoms with van der Waals surface area (Å²) in [6.45, 7) is 10.4. The van der Waals surface area contributed by atoms with Crippen LogP contribution in [0.5, 0.6) is 0 Å². The molecule has 0 saturated carbocycles. The molecule has 1 aromatic carbocycles. The monoisotopic (exact) mass is 407 g/mol. The van der Waals surface area contributed by atoms with Crippen molar-refractivity contribution < 1.29 is 17.6 Å². The zero-order chi connectivity index (χ0) is 21.8. The first-order valence-electron chi connectivity index (χ1n) is 9.20. The van der Waals surface area contributed by atoms with E-state index >= 15 is 0 Å². The summed E-state index contributed by atoms with van der Waals surface area (Å²) in [5.41, 5.74) is 2.77. The summed E-state index contributed by atoms with van der Waals surface area (Å²) in [6, 6.07) is 5.20. The second-order valence-electron chi connectivity index (χ2n) is 6.95. The summed E-state index contributed by atoms with van der Waals surface area (Å²) in [4.78, 5) is 0. The van der Waals surface area contributed by atoms with Crippen LogP contribution >= 0.6 is 0 Å². The number of anilines is 1. The maximum absolute atomic E-state index is 14.6. The van der Waals surface area contributed by atoms with Crippen molar-refractivity contribution in [1.29, 1.82) is 0 Å². The van der Waals surface area contributed by atoms with E-state index in [0.29, 0.717) is 12.2 Å². The van der Waals surface area contributed by atoms with Gasteiger partial charge >= 0.3 is 6.18 Å². The normalized spacial score (nSPS) is 11.7. The van der Waals surface area contributed by atoms with E-state index in [2.05, 4.69) is 17.0 Å². The van der Waals surface area contributed by atoms with Crippen molar-refractivity contribution in [2.45, 2.75) is 33.4 Å². The molecule has 1 heterocycles. The molecule has 0 amide bonds. The van der Waals surface area contributed by atoms with Gasteiger partial charge in [-0.15, -0.1) is 0 Å². The first-order valence-corrected chi connectivity index (χ1v) is 9.20. The van der Waals surface area contributed by atoms with Crippen LogP contribution in [0.15, 0.2) is 59.7 Å². The second-order valence-corrected chi connectivity index (χ2v) is 6.95. The molecule has 3 nitrogen and oxygen atoms in total. The van der Waals surface area contributed by atoms with Crippen molar-refractivity contribution in [3.63, 3.8) is 0 Å². The van der Waals surface area contributed by atoms with Gasteiger partial charge in [-0.2, -0.15) is 18.3 Å². The molecule has 0 unspecified atom stereocenters. The average Bonchev–Trinajstić information content (AvgIpc) is 3.03. The Balaban J connectivity index is 2.20. The van der Waals surface area contributed by atoms with Gasteiger partial charge in [0.05, 0.1) is 5.69 Å². The summed E-state index contributed by atoms with van der Waals surface area (Å²) < 4.78 is 54.2. The van der Waals surface area contributed by atoms with E-state index < -0.39 is 17.7 Å². The minimum absolute atomic E-state index is 0.0580. The lowest BCUT2D eigenvalue weighted by Gasteiger charge is -2.11. The van der Waals surface area contributed by atoms with E-state index in [-0.39, 0.29) is 11.3 Å². The summed E-state index contributed by atoms with van der Waals surface area (Å²) in [5.74, 6) is -0.625. The predicted octanol–water partition coefficient (Wildman–Crippen LogP) is 6.52. The minimum atomic E-state index is -4.58. The third-order valence-corrected chi connectivity index (χ3v) is 4.51. The summed E-state index contributed by atoms with van der Waals surface area (Å²) in [6.07, 6.45) is 0.212. The Bertz CT molecular complexity index is 945. The average molecular weight is 407 g/mol. The van der Waals surface area contributed by atoms with Gasteiger partial charge in [-0.05, 0) is 50.1 Å². The van der Waals surface area contributed by atoms with Crippen LogP contribution in [0.25, 0.3) is 11.3 Å². The molecule has 7 heteroatoms. The molecule has 0 fully saturated rings. The third-order valence-electron chi connectivity index (χ3n) is 4.51. The van der Waals surface area contributed by atoms with Crippen molar-refractivity contribution in [3.05, 3.63) is 71.2 Å². The lowest BCUT2D eigenvalue weighted by molar-refractivity contribution is -0.141. The molecule has 0 radical (unpaired) electrons. The standard InChI is InChI=1S/C22H25F4N3/c1-6-15(4)7-8-16(14(2)3)13-27-17-9-10-18(19(23)11-17)20-12-21(22(24,25)26)28-29(20)5/h7-12,27H,4,6,13H2,1-3,5H3. The highest BCUT2D eigenvalue weighted by molar-refractivity contribution is 5.64. The smallest absolute Gasteiger partial charge is 0.381 e. The Morgan fingerprint density at radius 2 is 1.90 bits per heavy atom. The van der Waals surface area contributed by atoms with Gasteiger partial charge in [0, 0.05) is 24.8 Å². The van der Waals surface area contributed by atoms with Crippen molar-refractivity contribution in [3.8, 4) is 11.3 Å². The number of aryl methyl sites for hydroxylation is 1. The second kappa shape index (κ2) is 9.11. The number of hydrogen-bond donors (Lipinski definition) is 1. The molecule has 29 heavy (non-hydrogen) atoms. The fraction of sp³-hybridized carbons (Fsp3) is 0.318. The fourth-order valence-corrected chi connectivity index (χ4v) is 2.63. The minimum Gasteiger partial charge on any atom is -0.381 e. The van der Waals surface area contributed by atoms with Crippen LogP contribution < -0.4 is 5.32 Å². The van der Waals surface area contributed by atoms with E-state index in [1.54, 1.807) is 6.07 Å². The first-order chi connectivity index (χ1) is 13.5. The number of rotatable bonds is 7. The van der Waals surface area contributed by atoms with Gasteiger partial charge in [0.15, 0.2) is 5.69 Å². The van der Waals surface area contributed by atoms with Gasteiger partial charge in [-0.25, -0.2) is 4.39 Å². The van der Waals surface area contributed by atoms with Crippen LogP contribution in [-0.2, 0) is 13.2 Å². The quantitative estimate of drug-likeness (QED) is 0.418. The molecule has 0 spiro atoms. The number of halogens is 4. The lowest BCUT2D eigenvalue weighted by atomic mass is 10.1. The van der Waals surface area contributed by atoms with Gasteiger partial charge in [0.1, 0.15) is 5.82 Å². The molecule has 156 valence electrons. The zero-order valence-electron chi connectivity index (χ0n) is 17.0. The Morgan fingerprint density at radius 3 is 2.41 bits per heavy atom. The molecule has 0 aliphatic carbocycles. The van der Waals surface area contributed by atoms with Crippen LogP contribution in [0.4, 0.5) is 23.2 Å².